The highest BCUT2D eigenvalue weighted by Crippen LogP contribution is 2.35. The standard InChI is InChI=1S/C22H29N3O2/c1-25(2)14-13-24-21(26)22(9-15-27-16-10-22)17-18-3-5-19(6-4-18)20-7-11-23-12-8-20/h3-8,11-12H,9-10,13-17H2,1-2H3,(H,24,26). The Balaban J connectivity index is 1.71. The van der Waals surface area contributed by atoms with Crippen molar-refractivity contribution in [3.05, 3.63) is 54.4 Å². The average molecular weight is 367 g/mol. The number of pyridine rings is 1. The summed E-state index contributed by atoms with van der Waals surface area (Å²) in [6.45, 7) is 2.82. The van der Waals surface area contributed by atoms with Crippen LogP contribution in [0.15, 0.2) is 48.8 Å². The molecule has 144 valence electrons. The Hall–Kier alpha value is -2.24. The lowest BCUT2D eigenvalue weighted by atomic mass is 9.74. The first-order chi connectivity index (χ1) is 13.1. The molecule has 1 N–H and O–H groups in total. The molecular formula is C22H29N3O2. The number of likely N-dealkylation sites (N-methyl/N-ethyl adjacent to an activating group) is 1. The Morgan fingerprint density at radius 2 is 1.70 bits per heavy atom. The molecule has 1 aliphatic rings. The molecule has 1 amide bonds. The van der Waals surface area contributed by atoms with Gasteiger partial charge in [-0.3, -0.25) is 9.78 Å². The highest BCUT2D eigenvalue weighted by Gasteiger charge is 2.39. The van der Waals surface area contributed by atoms with E-state index in [1.54, 1.807) is 12.4 Å². The minimum Gasteiger partial charge on any atom is -0.381 e. The number of rotatable bonds is 7. The zero-order valence-corrected chi connectivity index (χ0v) is 16.3. The molecule has 2 aromatic rings. The van der Waals surface area contributed by atoms with Crippen molar-refractivity contribution < 1.29 is 9.53 Å². The van der Waals surface area contributed by atoms with Crippen LogP contribution in [0.4, 0.5) is 0 Å². The topological polar surface area (TPSA) is 54.5 Å². The lowest BCUT2D eigenvalue weighted by molar-refractivity contribution is -0.136. The molecule has 1 aliphatic heterocycles. The van der Waals surface area contributed by atoms with Crippen molar-refractivity contribution in [1.29, 1.82) is 0 Å². The third-order valence-corrected chi connectivity index (χ3v) is 5.29. The Morgan fingerprint density at radius 3 is 2.33 bits per heavy atom. The van der Waals surface area contributed by atoms with Crippen LogP contribution in [-0.2, 0) is 16.0 Å². The molecule has 5 heteroatoms. The van der Waals surface area contributed by atoms with E-state index in [9.17, 15) is 4.79 Å². The van der Waals surface area contributed by atoms with Crippen LogP contribution in [0.1, 0.15) is 18.4 Å². The van der Waals surface area contributed by atoms with E-state index in [0.29, 0.717) is 19.8 Å². The number of carbonyl (C=O) groups excluding carboxylic acids is 1. The van der Waals surface area contributed by atoms with E-state index in [-0.39, 0.29) is 11.3 Å². The third kappa shape index (κ3) is 5.15. The van der Waals surface area contributed by atoms with E-state index >= 15 is 0 Å². The van der Waals surface area contributed by atoms with Crippen LogP contribution in [0.5, 0.6) is 0 Å². The van der Waals surface area contributed by atoms with Gasteiger partial charge < -0.3 is 15.0 Å². The van der Waals surface area contributed by atoms with Gasteiger partial charge in [0.15, 0.2) is 0 Å². The van der Waals surface area contributed by atoms with Crippen molar-refractivity contribution in [3.63, 3.8) is 0 Å². The Morgan fingerprint density at radius 1 is 1.07 bits per heavy atom. The molecule has 0 aliphatic carbocycles. The second-order valence-electron chi connectivity index (χ2n) is 7.56. The molecule has 1 saturated heterocycles. The van der Waals surface area contributed by atoms with Gasteiger partial charge in [-0.25, -0.2) is 0 Å². The van der Waals surface area contributed by atoms with Gasteiger partial charge in [0.05, 0.1) is 5.41 Å². The molecule has 0 spiro atoms. The summed E-state index contributed by atoms with van der Waals surface area (Å²) in [6, 6.07) is 12.5. The first kappa shape index (κ1) is 19.5. The van der Waals surface area contributed by atoms with E-state index in [1.165, 1.54) is 5.56 Å². The molecule has 1 aromatic heterocycles. The number of carbonyl (C=O) groups is 1. The van der Waals surface area contributed by atoms with Crippen LogP contribution in [0.2, 0.25) is 0 Å². The van der Waals surface area contributed by atoms with E-state index in [0.717, 1.165) is 36.9 Å². The van der Waals surface area contributed by atoms with Crippen molar-refractivity contribution >= 4 is 5.91 Å². The van der Waals surface area contributed by atoms with Crippen molar-refractivity contribution in [2.24, 2.45) is 5.41 Å². The second-order valence-corrected chi connectivity index (χ2v) is 7.56. The van der Waals surface area contributed by atoms with Gasteiger partial charge in [0, 0.05) is 38.7 Å². The Labute approximate surface area is 161 Å². The van der Waals surface area contributed by atoms with Gasteiger partial charge in [0.2, 0.25) is 5.91 Å². The third-order valence-electron chi connectivity index (χ3n) is 5.29. The lowest BCUT2D eigenvalue weighted by Crippen LogP contribution is -2.47. The van der Waals surface area contributed by atoms with Gasteiger partial charge in [-0.1, -0.05) is 24.3 Å². The van der Waals surface area contributed by atoms with Crippen molar-refractivity contribution in [1.82, 2.24) is 15.2 Å². The normalized spacial score (nSPS) is 16.3. The minimum absolute atomic E-state index is 0.158. The first-order valence-electron chi connectivity index (χ1n) is 9.59. The summed E-state index contributed by atoms with van der Waals surface area (Å²) in [5, 5.41) is 3.14. The van der Waals surface area contributed by atoms with Crippen LogP contribution in [0.25, 0.3) is 11.1 Å². The molecule has 3 rings (SSSR count). The van der Waals surface area contributed by atoms with Gasteiger partial charge in [-0.05, 0) is 62.2 Å². The molecule has 0 radical (unpaired) electrons. The molecule has 0 unspecified atom stereocenters. The van der Waals surface area contributed by atoms with Gasteiger partial charge in [-0.15, -0.1) is 0 Å². The molecule has 0 bridgehead atoms. The van der Waals surface area contributed by atoms with Gasteiger partial charge >= 0.3 is 0 Å². The predicted molar refractivity (Wildman–Crippen MR) is 107 cm³/mol. The summed E-state index contributed by atoms with van der Waals surface area (Å²) >= 11 is 0. The smallest absolute Gasteiger partial charge is 0.226 e. The maximum atomic E-state index is 13.0. The molecule has 0 saturated carbocycles. The number of amides is 1. The number of hydrogen-bond donors (Lipinski definition) is 1. The van der Waals surface area contributed by atoms with Crippen LogP contribution in [0, 0.1) is 5.41 Å². The highest BCUT2D eigenvalue weighted by molar-refractivity contribution is 5.83. The van der Waals surface area contributed by atoms with Crippen LogP contribution < -0.4 is 5.32 Å². The van der Waals surface area contributed by atoms with Crippen LogP contribution >= 0.6 is 0 Å². The monoisotopic (exact) mass is 367 g/mol. The number of aromatic nitrogens is 1. The minimum atomic E-state index is -0.372. The SMILES string of the molecule is CN(C)CCNC(=O)C1(Cc2ccc(-c3ccncc3)cc2)CCOCC1. The van der Waals surface area contributed by atoms with E-state index < -0.39 is 0 Å². The predicted octanol–water partition coefficient (Wildman–Crippen LogP) is 2.77. The number of nitrogens with zero attached hydrogens (tertiary/aromatic N) is 2. The molecule has 27 heavy (non-hydrogen) atoms. The summed E-state index contributed by atoms with van der Waals surface area (Å²) in [6.07, 6.45) is 5.90. The van der Waals surface area contributed by atoms with Crippen LogP contribution in [0.3, 0.4) is 0 Å². The fourth-order valence-corrected chi connectivity index (χ4v) is 3.58. The fourth-order valence-electron chi connectivity index (χ4n) is 3.58. The van der Waals surface area contributed by atoms with Crippen LogP contribution in [-0.4, -0.2) is 56.2 Å². The quantitative estimate of drug-likeness (QED) is 0.818. The Bertz CT molecular complexity index is 723. The number of ether oxygens (including phenoxy) is 1. The Kier molecular flexibility index (Phi) is 6.58. The maximum Gasteiger partial charge on any atom is 0.226 e. The molecule has 1 aromatic carbocycles. The first-order valence-corrected chi connectivity index (χ1v) is 9.59. The van der Waals surface area contributed by atoms with Crippen molar-refractivity contribution in [2.75, 3.05) is 40.4 Å². The lowest BCUT2D eigenvalue weighted by Gasteiger charge is -2.36. The summed E-state index contributed by atoms with van der Waals surface area (Å²) < 4.78 is 5.54. The molecule has 0 atom stereocenters. The molecule has 1 fully saturated rings. The molecule has 2 heterocycles. The number of benzene rings is 1. The number of hydrogen-bond acceptors (Lipinski definition) is 4. The van der Waals surface area contributed by atoms with Gasteiger partial charge in [0.1, 0.15) is 0 Å². The summed E-state index contributed by atoms with van der Waals surface area (Å²) in [5.74, 6) is 0.158. The highest BCUT2D eigenvalue weighted by atomic mass is 16.5. The summed E-state index contributed by atoms with van der Waals surface area (Å²) in [7, 11) is 4.03. The van der Waals surface area contributed by atoms with E-state index in [4.69, 9.17) is 4.74 Å². The van der Waals surface area contributed by atoms with E-state index in [2.05, 4.69) is 39.5 Å². The second kappa shape index (κ2) is 9.11. The summed E-state index contributed by atoms with van der Waals surface area (Å²) in [4.78, 5) is 19.2. The van der Waals surface area contributed by atoms with Crippen molar-refractivity contribution in [3.8, 4) is 11.1 Å². The molecular weight excluding hydrogens is 338 g/mol. The van der Waals surface area contributed by atoms with Gasteiger partial charge in [0.25, 0.3) is 0 Å². The fraction of sp³-hybridized carbons (Fsp3) is 0.455. The maximum absolute atomic E-state index is 13.0. The van der Waals surface area contributed by atoms with E-state index in [1.807, 2.05) is 26.2 Å². The van der Waals surface area contributed by atoms with Crippen molar-refractivity contribution in [2.45, 2.75) is 19.3 Å². The summed E-state index contributed by atoms with van der Waals surface area (Å²) in [5.41, 5.74) is 3.14. The average Bonchev–Trinajstić information content (AvgIpc) is 2.69. The zero-order valence-electron chi connectivity index (χ0n) is 16.3. The largest absolute Gasteiger partial charge is 0.381 e. The van der Waals surface area contributed by atoms with Gasteiger partial charge in [-0.2, -0.15) is 0 Å². The number of nitrogens with one attached hydrogen (secondary N) is 1. The molecule has 5 nitrogen and oxygen atoms in total. The zero-order chi connectivity index (χ0) is 19.1.